The standard InChI is InChI=1S/C17H16/c1-12-9-13(2)11-15(10-12)17-8-4-6-14-5-3-7-16(14)17/h3-11,16H,1-2H3. The molecule has 1 unspecified atom stereocenters. The monoisotopic (exact) mass is 220 g/mol. The molecule has 0 nitrogen and oxygen atoms in total. The maximum absolute atomic E-state index is 2.28. The van der Waals surface area contributed by atoms with Crippen molar-refractivity contribution in [3.8, 4) is 0 Å². The average molecular weight is 220 g/mol. The second-order valence-corrected chi connectivity index (χ2v) is 4.89. The lowest BCUT2D eigenvalue weighted by atomic mass is 9.84. The molecule has 1 aromatic rings. The van der Waals surface area contributed by atoms with E-state index in [1.54, 1.807) is 0 Å². The first kappa shape index (κ1) is 10.3. The Kier molecular flexibility index (Phi) is 2.36. The van der Waals surface area contributed by atoms with Gasteiger partial charge in [0, 0.05) is 5.92 Å². The van der Waals surface area contributed by atoms with E-state index in [1.165, 1.54) is 27.8 Å². The summed E-state index contributed by atoms with van der Waals surface area (Å²) in [6.45, 7) is 4.33. The second kappa shape index (κ2) is 3.89. The van der Waals surface area contributed by atoms with Crippen LogP contribution in [0, 0.1) is 19.8 Å². The topological polar surface area (TPSA) is 0 Å². The number of benzene rings is 1. The highest BCUT2D eigenvalue weighted by Crippen LogP contribution is 2.37. The lowest BCUT2D eigenvalue weighted by molar-refractivity contribution is 1.04. The maximum Gasteiger partial charge on any atom is 0.0278 e. The molecule has 0 N–H and O–H groups in total. The Morgan fingerprint density at radius 2 is 1.65 bits per heavy atom. The van der Waals surface area contributed by atoms with Gasteiger partial charge in [-0.25, -0.2) is 0 Å². The Labute approximate surface area is 103 Å². The van der Waals surface area contributed by atoms with Gasteiger partial charge in [-0.15, -0.1) is 0 Å². The van der Waals surface area contributed by atoms with Crippen LogP contribution in [0.25, 0.3) is 5.57 Å². The molecule has 0 bridgehead atoms. The summed E-state index contributed by atoms with van der Waals surface area (Å²) < 4.78 is 0. The third kappa shape index (κ3) is 1.80. The first-order valence-corrected chi connectivity index (χ1v) is 6.09. The Morgan fingerprint density at radius 1 is 0.882 bits per heavy atom. The van der Waals surface area contributed by atoms with Crippen molar-refractivity contribution in [2.45, 2.75) is 13.8 Å². The van der Waals surface area contributed by atoms with Gasteiger partial charge in [-0.3, -0.25) is 0 Å². The maximum atomic E-state index is 2.28. The molecule has 1 atom stereocenters. The van der Waals surface area contributed by atoms with Crippen LogP contribution in [0.2, 0.25) is 0 Å². The SMILES string of the molecule is Cc1cc(C)cc(C2=CC=CC3=CC=CC32)c1. The van der Waals surface area contributed by atoms with Crippen molar-refractivity contribution in [2.24, 2.45) is 5.92 Å². The second-order valence-electron chi connectivity index (χ2n) is 4.89. The fourth-order valence-corrected chi connectivity index (χ4v) is 2.72. The summed E-state index contributed by atoms with van der Waals surface area (Å²) in [7, 11) is 0. The molecule has 2 aliphatic carbocycles. The Hall–Kier alpha value is -1.82. The van der Waals surface area contributed by atoms with Crippen LogP contribution in [0.1, 0.15) is 16.7 Å². The minimum atomic E-state index is 0.459. The van der Waals surface area contributed by atoms with E-state index in [0.717, 1.165) is 0 Å². The zero-order valence-corrected chi connectivity index (χ0v) is 10.3. The molecule has 0 heteroatoms. The van der Waals surface area contributed by atoms with Crippen molar-refractivity contribution in [1.82, 2.24) is 0 Å². The molecule has 0 fully saturated rings. The van der Waals surface area contributed by atoms with Crippen LogP contribution < -0.4 is 0 Å². The summed E-state index contributed by atoms with van der Waals surface area (Å²) >= 11 is 0. The van der Waals surface area contributed by atoms with E-state index >= 15 is 0 Å². The van der Waals surface area contributed by atoms with Gasteiger partial charge in [0.25, 0.3) is 0 Å². The Balaban J connectivity index is 2.09. The lowest BCUT2D eigenvalue weighted by Gasteiger charge is -2.20. The quantitative estimate of drug-likeness (QED) is 0.659. The molecule has 0 saturated heterocycles. The minimum absolute atomic E-state index is 0.459. The largest absolute Gasteiger partial charge is 0.0726 e. The van der Waals surface area contributed by atoms with Crippen molar-refractivity contribution in [2.75, 3.05) is 0 Å². The van der Waals surface area contributed by atoms with Crippen LogP contribution >= 0.6 is 0 Å². The van der Waals surface area contributed by atoms with Crippen LogP contribution in [-0.4, -0.2) is 0 Å². The van der Waals surface area contributed by atoms with Gasteiger partial charge < -0.3 is 0 Å². The molecule has 0 radical (unpaired) electrons. The molecule has 0 saturated carbocycles. The smallest absolute Gasteiger partial charge is 0.0278 e. The highest BCUT2D eigenvalue weighted by Gasteiger charge is 2.20. The first-order valence-electron chi connectivity index (χ1n) is 6.09. The van der Waals surface area contributed by atoms with Gasteiger partial charge in [0.15, 0.2) is 0 Å². The van der Waals surface area contributed by atoms with Crippen molar-refractivity contribution < 1.29 is 0 Å². The van der Waals surface area contributed by atoms with E-state index in [-0.39, 0.29) is 0 Å². The van der Waals surface area contributed by atoms with Crippen LogP contribution in [0.15, 0.2) is 60.2 Å². The van der Waals surface area contributed by atoms with E-state index in [0.29, 0.717) is 5.92 Å². The van der Waals surface area contributed by atoms with Gasteiger partial charge in [0.05, 0.1) is 0 Å². The summed E-state index contributed by atoms with van der Waals surface area (Å²) in [5.41, 5.74) is 6.85. The molecular formula is C17H16. The van der Waals surface area contributed by atoms with E-state index in [4.69, 9.17) is 0 Å². The van der Waals surface area contributed by atoms with Crippen molar-refractivity contribution >= 4 is 5.57 Å². The van der Waals surface area contributed by atoms with Gasteiger partial charge >= 0.3 is 0 Å². The molecule has 84 valence electrons. The number of aryl methyl sites for hydroxylation is 2. The Bertz CT molecular complexity index is 560. The van der Waals surface area contributed by atoms with Crippen LogP contribution in [-0.2, 0) is 0 Å². The predicted molar refractivity (Wildman–Crippen MR) is 73.7 cm³/mol. The van der Waals surface area contributed by atoms with Crippen LogP contribution in [0.5, 0.6) is 0 Å². The number of hydrogen-bond donors (Lipinski definition) is 0. The lowest BCUT2D eigenvalue weighted by Crippen LogP contribution is -2.04. The molecule has 0 aliphatic heterocycles. The molecule has 1 aromatic carbocycles. The zero-order valence-electron chi connectivity index (χ0n) is 10.3. The van der Waals surface area contributed by atoms with Gasteiger partial charge in [-0.2, -0.15) is 0 Å². The average Bonchev–Trinajstić information content (AvgIpc) is 2.75. The van der Waals surface area contributed by atoms with Gasteiger partial charge in [-0.05, 0) is 30.6 Å². The summed E-state index contributed by atoms with van der Waals surface area (Å²) in [6, 6.07) is 6.79. The van der Waals surface area contributed by atoms with Crippen molar-refractivity contribution in [1.29, 1.82) is 0 Å². The summed E-state index contributed by atoms with van der Waals surface area (Å²) in [6.07, 6.45) is 13.2. The summed E-state index contributed by atoms with van der Waals surface area (Å²) in [5.74, 6) is 0.459. The Morgan fingerprint density at radius 3 is 2.41 bits per heavy atom. The fraction of sp³-hybridized carbons (Fsp3) is 0.176. The normalized spacial score (nSPS) is 21.2. The van der Waals surface area contributed by atoms with E-state index in [2.05, 4.69) is 68.5 Å². The number of rotatable bonds is 1. The highest BCUT2D eigenvalue weighted by molar-refractivity contribution is 5.77. The van der Waals surface area contributed by atoms with Crippen molar-refractivity contribution in [3.63, 3.8) is 0 Å². The zero-order chi connectivity index (χ0) is 11.8. The third-order valence-electron chi connectivity index (χ3n) is 3.41. The number of hydrogen-bond acceptors (Lipinski definition) is 0. The van der Waals surface area contributed by atoms with Gasteiger partial charge in [0.2, 0.25) is 0 Å². The van der Waals surface area contributed by atoms with E-state index in [9.17, 15) is 0 Å². The number of allylic oxidation sites excluding steroid dienone is 8. The molecule has 0 spiro atoms. The summed E-state index contributed by atoms with van der Waals surface area (Å²) in [5, 5.41) is 0. The molecule has 0 aromatic heterocycles. The minimum Gasteiger partial charge on any atom is -0.0726 e. The third-order valence-corrected chi connectivity index (χ3v) is 3.41. The van der Waals surface area contributed by atoms with Crippen LogP contribution in [0.4, 0.5) is 0 Å². The van der Waals surface area contributed by atoms with Gasteiger partial charge in [-0.1, -0.05) is 65.8 Å². The van der Waals surface area contributed by atoms with Gasteiger partial charge in [0.1, 0.15) is 0 Å². The molecule has 0 heterocycles. The van der Waals surface area contributed by atoms with E-state index in [1.807, 2.05) is 0 Å². The molecule has 0 amide bonds. The molecular weight excluding hydrogens is 204 g/mol. The summed E-state index contributed by atoms with van der Waals surface area (Å²) in [4.78, 5) is 0. The molecule has 17 heavy (non-hydrogen) atoms. The highest BCUT2D eigenvalue weighted by atomic mass is 14.2. The predicted octanol–water partition coefficient (Wildman–Crippen LogP) is 4.37. The fourth-order valence-electron chi connectivity index (χ4n) is 2.72. The number of fused-ring (bicyclic) bond motifs is 1. The van der Waals surface area contributed by atoms with Crippen LogP contribution in [0.3, 0.4) is 0 Å². The van der Waals surface area contributed by atoms with E-state index < -0.39 is 0 Å². The molecule has 2 aliphatic rings. The van der Waals surface area contributed by atoms with Crippen molar-refractivity contribution in [3.05, 3.63) is 76.9 Å². The first-order chi connectivity index (χ1) is 8.24. The molecule has 3 rings (SSSR count).